The molecular weight excluding hydrogens is 272 g/mol. The van der Waals surface area contributed by atoms with Crippen LogP contribution in [0.3, 0.4) is 0 Å². The average Bonchev–Trinajstić information content (AvgIpc) is 2.84. The Morgan fingerprint density at radius 3 is 2.57 bits per heavy atom. The van der Waals surface area contributed by atoms with Crippen LogP contribution in [0, 0.1) is 5.92 Å². The van der Waals surface area contributed by atoms with Crippen molar-refractivity contribution in [3.63, 3.8) is 0 Å². The Labute approximate surface area is 125 Å². The van der Waals surface area contributed by atoms with Gasteiger partial charge >= 0.3 is 6.09 Å². The van der Waals surface area contributed by atoms with Crippen LogP contribution in [0.15, 0.2) is 0 Å². The van der Waals surface area contributed by atoms with Crippen molar-refractivity contribution < 1.29 is 19.8 Å². The number of carbonyl (C=O) groups excluding carboxylic acids is 1. The molecule has 2 amide bonds. The molecule has 2 atom stereocenters. The van der Waals surface area contributed by atoms with Gasteiger partial charge in [0, 0.05) is 19.5 Å². The van der Waals surface area contributed by atoms with Gasteiger partial charge in [-0.3, -0.25) is 4.79 Å². The van der Waals surface area contributed by atoms with Gasteiger partial charge in [0.05, 0.1) is 12.1 Å². The van der Waals surface area contributed by atoms with Crippen LogP contribution in [0.25, 0.3) is 0 Å². The van der Waals surface area contributed by atoms with Gasteiger partial charge in [-0.25, -0.2) is 4.79 Å². The number of aliphatic hydroxyl groups is 1. The number of carbonyl (C=O) groups is 2. The quantitative estimate of drug-likeness (QED) is 0.694. The zero-order valence-electron chi connectivity index (χ0n) is 12.5. The van der Waals surface area contributed by atoms with Crippen LogP contribution in [-0.4, -0.2) is 52.3 Å². The van der Waals surface area contributed by atoms with Crippen molar-refractivity contribution in [3.8, 4) is 0 Å². The number of likely N-dealkylation sites (tertiary alicyclic amines) is 1. The summed E-state index contributed by atoms with van der Waals surface area (Å²) in [6.07, 6.45) is 5.91. The van der Waals surface area contributed by atoms with Crippen LogP contribution >= 0.6 is 0 Å². The summed E-state index contributed by atoms with van der Waals surface area (Å²) in [7, 11) is 0. The molecule has 2 fully saturated rings. The van der Waals surface area contributed by atoms with Crippen LogP contribution in [0.1, 0.15) is 51.4 Å². The van der Waals surface area contributed by atoms with E-state index in [-0.39, 0.29) is 12.5 Å². The van der Waals surface area contributed by atoms with Gasteiger partial charge in [0.15, 0.2) is 0 Å². The zero-order chi connectivity index (χ0) is 15.2. The molecule has 1 saturated heterocycles. The Morgan fingerprint density at radius 2 is 2.00 bits per heavy atom. The molecular formula is C15H26N2O4. The standard InChI is InChI=1S/C15H26N2O4/c18-13(10-17-8-4-7-14(17)19)12(16-15(20)21)9-11-5-2-1-3-6-11/h11-13,16,18H,1-10H2,(H,20,21)/t12-,13+/m0/s1. The van der Waals surface area contributed by atoms with E-state index in [9.17, 15) is 14.7 Å². The van der Waals surface area contributed by atoms with Crippen LogP contribution in [0.5, 0.6) is 0 Å². The molecule has 3 N–H and O–H groups in total. The van der Waals surface area contributed by atoms with Gasteiger partial charge in [-0.05, 0) is 18.8 Å². The second-order valence-corrected chi connectivity index (χ2v) is 6.31. The number of carboxylic acid groups (broad SMARTS) is 1. The molecule has 1 aliphatic heterocycles. The summed E-state index contributed by atoms with van der Waals surface area (Å²) in [5.41, 5.74) is 0. The van der Waals surface area contributed by atoms with Gasteiger partial charge in [0.1, 0.15) is 0 Å². The third-order valence-corrected chi connectivity index (χ3v) is 4.66. The topological polar surface area (TPSA) is 89.9 Å². The molecule has 1 aliphatic carbocycles. The molecule has 0 radical (unpaired) electrons. The summed E-state index contributed by atoms with van der Waals surface area (Å²) in [5, 5.41) is 21.8. The highest BCUT2D eigenvalue weighted by molar-refractivity contribution is 5.78. The van der Waals surface area contributed by atoms with Crippen LogP contribution in [-0.2, 0) is 4.79 Å². The molecule has 2 aliphatic rings. The molecule has 0 spiro atoms. The summed E-state index contributed by atoms with van der Waals surface area (Å²) >= 11 is 0. The van der Waals surface area contributed by atoms with E-state index >= 15 is 0 Å². The molecule has 0 aromatic rings. The van der Waals surface area contributed by atoms with Gasteiger partial charge in [0.2, 0.25) is 5.91 Å². The molecule has 21 heavy (non-hydrogen) atoms. The van der Waals surface area contributed by atoms with Crippen molar-refractivity contribution in [2.75, 3.05) is 13.1 Å². The Morgan fingerprint density at radius 1 is 1.29 bits per heavy atom. The summed E-state index contributed by atoms with van der Waals surface area (Å²) in [6, 6.07) is -0.487. The van der Waals surface area contributed by atoms with Crippen molar-refractivity contribution in [3.05, 3.63) is 0 Å². The van der Waals surface area contributed by atoms with E-state index in [1.807, 2.05) is 0 Å². The van der Waals surface area contributed by atoms with E-state index in [1.54, 1.807) is 4.90 Å². The minimum atomic E-state index is -1.11. The molecule has 120 valence electrons. The van der Waals surface area contributed by atoms with Crippen LogP contribution in [0.2, 0.25) is 0 Å². The fraction of sp³-hybridized carbons (Fsp3) is 0.867. The number of rotatable bonds is 6. The van der Waals surface area contributed by atoms with E-state index in [1.165, 1.54) is 19.3 Å². The molecule has 0 unspecified atom stereocenters. The zero-order valence-corrected chi connectivity index (χ0v) is 12.5. The van der Waals surface area contributed by atoms with E-state index < -0.39 is 18.2 Å². The maximum Gasteiger partial charge on any atom is 0.404 e. The van der Waals surface area contributed by atoms with Crippen LogP contribution in [0.4, 0.5) is 4.79 Å². The molecule has 1 saturated carbocycles. The van der Waals surface area contributed by atoms with E-state index in [0.717, 1.165) is 19.3 Å². The molecule has 1 heterocycles. The highest BCUT2D eigenvalue weighted by Crippen LogP contribution is 2.28. The third-order valence-electron chi connectivity index (χ3n) is 4.66. The SMILES string of the molecule is O=C(O)N[C@@H](CC1CCCCC1)[C@H](O)CN1CCCC1=O. The van der Waals surface area contributed by atoms with Crippen molar-refractivity contribution in [2.45, 2.75) is 63.5 Å². The Balaban J connectivity index is 1.89. The van der Waals surface area contributed by atoms with Gasteiger partial charge < -0.3 is 20.4 Å². The normalized spacial score (nSPS) is 23.1. The van der Waals surface area contributed by atoms with Crippen molar-refractivity contribution in [1.82, 2.24) is 10.2 Å². The predicted octanol–water partition coefficient (Wildman–Crippen LogP) is 1.58. The Kier molecular flexibility index (Phi) is 5.85. The second-order valence-electron chi connectivity index (χ2n) is 6.31. The van der Waals surface area contributed by atoms with Crippen molar-refractivity contribution >= 4 is 12.0 Å². The Bertz CT molecular complexity index is 369. The third kappa shape index (κ3) is 4.88. The molecule has 0 aromatic carbocycles. The largest absolute Gasteiger partial charge is 0.465 e. The maximum absolute atomic E-state index is 11.6. The number of nitrogens with zero attached hydrogens (tertiary/aromatic N) is 1. The number of nitrogens with one attached hydrogen (secondary N) is 1. The number of hydrogen-bond donors (Lipinski definition) is 3. The first-order chi connectivity index (χ1) is 10.1. The smallest absolute Gasteiger partial charge is 0.404 e. The lowest BCUT2D eigenvalue weighted by atomic mass is 9.83. The monoisotopic (exact) mass is 298 g/mol. The summed E-state index contributed by atoms with van der Waals surface area (Å²) in [4.78, 5) is 24.2. The maximum atomic E-state index is 11.6. The van der Waals surface area contributed by atoms with Gasteiger partial charge in [0.25, 0.3) is 0 Å². The summed E-state index contributed by atoms with van der Waals surface area (Å²) in [6.45, 7) is 0.898. The highest BCUT2D eigenvalue weighted by atomic mass is 16.4. The summed E-state index contributed by atoms with van der Waals surface area (Å²) < 4.78 is 0. The number of hydrogen-bond acceptors (Lipinski definition) is 3. The number of β-amino-alcohol motifs (C(OH)–C–C–N with tert-alkyl or cyclic N) is 1. The van der Waals surface area contributed by atoms with Gasteiger partial charge in [-0.2, -0.15) is 0 Å². The number of aliphatic hydroxyl groups excluding tert-OH is 1. The molecule has 6 heteroatoms. The molecule has 6 nitrogen and oxygen atoms in total. The second kappa shape index (κ2) is 7.64. The van der Waals surface area contributed by atoms with Crippen molar-refractivity contribution in [1.29, 1.82) is 0 Å². The van der Waals surface area contributed by atoms with Gasteiger partial charge in [-0.15, -0.1) is 0 Å². The minimum Gasteiger partial charge on any atom is -0.465 e. The summed E-state index contributed by atoms with van der Waals surface area (Å²) in [5.74, 6) is 0.528. The van der Waals surface area contributed by atoms with Crippen LogP contribution < -0.4 is 5.32 Å². The van der Waals surface area contributed by atoms with E-state index in [2.05, 4.69) is 5.32 Å². The first-order valence-corrected chi connectivity index (χ1v) is 8.01. The lowest BCUT2D eigenvalue weighted by Gasteiger charge is -2.31. The van der Waals surface area contributed by atoms with E-state index in [4.69, 9.17) is 5.11 Å². The molecule has 2 rings (SSSR count). The highest BCUT2D eigenvalue weighted by Gasteiger charge is 2.30. The number of amides is 2. The minimum absolute atomic E-state index is 0.0563. The first kappa shape index (κ1) is 16.1. The lowest BCUT2D eigenvalue weighted by molar-refractivity contribution is -0.129. The van der Waals surface area contributed by atoms with Crippen molar-refractivity contribution in [2.24, 2.45) is 5.92 Å². The molecule has 0 aromatic heterocycles. The fourth-order valence-electron chi connectivity index (χ4n) is 3.50. The first-order valence-electron chi connectivity index (χ1n) is 8.01. The Hall–Kier alpha value is -1.30. The predicted molar refractivity (Wildman–Crippen MR) is 78.0 cm³/mol. The van der Waals surface area contributed by atoms with E-state index in [0.29, 0.717) is 25.3 Å². The molecule has 0 bridgehead atoms. The average molecular weight is 298 g/mol. The fourth-order valence-corrected chi connectivity index (χ4v) is 3.50. The van der Waals surface area contributed by atoms with Gasteiger partial charge in [-0.1, -0.05) is 32.1 Å². The lowest BCUT2D eigenvalue weighted by Crippen LogP contribution is -2.49.